The molecule has 186 valence electrons. The molecule has 33 heavy (non-hydrogen) atoms. The molecule has 1 aromatic carbocycles. The molecule has 0 saturated heterocycles. The first-order valence-electron chi connectivity index (χ1n) is 11.3. The fraction of sp³-hybridized carbons (Fsp3) is 0.640. The predicted octanol–water partition coefficient (Wildman–Crippen LogP) is 3.38. The molecule has 1 rings (SSSR count). The molecule has 1 aromatic rings. The molecule has 0 aliphatic carbocycles. The molecule has 0 aromatic heterocycles. The summed E-state index contributed by atoms with van der Waals surface area (Å²) in [4.78, 5) is 40.8. The van der Waals surface area contributed by atoms with E-state index in [1.165, 1.54) is 4.90 Å². The number of ether oxygens (including phenoxy) is 1. The van der Waals surface area contributed by atoms with Gasteiger partial charge in [0.15, 0.2) is 0 Å². The van der Waals surface area contributed by atoms with Crippen LogP contribution in [0.1, 0.15) is 78.1 Å². The second-order valence-electron chi connectivity index (χ2n) is 10.7. The van der Waals surface area contributed by atoms with Crippen LogP contribution in [0.4, 0.5) is 4.79 Å². The van der Waals surface area contributed by atoms with Gasteiger partial charge in [-0.25, -0.2) is 4.79 Å². The van der Waals surface area contributed by atoms with E-state index in [0.29, 0.717) is 5.56 Å². The van der Waals surface area contributed by atoms with Crippen LogP contribution in [0.5, 0.6) is 0 Å². The number of benzene rings is 1. The summed E-state index contributed by atoms with van der Waals surface area (Å²) in [7, 11) is 0. The molecule has 0 aliphatic rings. The van der Waals surface area contributed by atoms with Crippen LogP contribution in [-0.4, -0.2) is 57.7 Å². The van der Waals surface area contributed by atoms with Gasteiger partial charge in [0.1, 0.15) is 17.7 Å². The first-order valence-corrected chi connectivity index (χ1v) is 11.3. The van der Waals surface area contributed by atoms with E-state index in [4.69, 9.17) is 4.74 Å². The van der Waals surface area contributed by atoms with Gasteiger partial charge in [0.05, 0.1) is 6.61 Å². The van der Waals surface area contributed by atoms with E-state index in [2.05, 4.69) is 10.6 Å². The standard InChI is InChI=1S/C25H41N3O5/c1-15(2)26-21(30)20(18-12-11-16(3)17(4)13-18)28(24(5,6)7)22(31)19(14-29)27-23(32)33-25(8,9)10/h11-13,15,19-20,29H,14H2,1-10H3,(H,26,30)(H,27,32). The van der Waals surface area contributed by atoms with Crippen LogP contribution in [0.2, 0.25) is 0 Å². The lowest BCUT2D eigenvalue weighted by molar-refractivity contribution is -0.149. The van der Waals surface area contributed by atoms with E-state index in [1.54, 1.807) is 20.8 Å². The molecule has 3 amide bonds. The van der Waals surface area contributed by atoms with Gasteiger partial charge in [0.2, 0.25) is 11.8 Å². The maximum absolute atomic E-state index is 13.7. The molecular formula is C25H41N3O5. The highest BCUT2D eigenvalue weighted by molar-refractivity contribution is 5.92. The lowest BCUT2D eigenvalue weighted by atomic mass is 9.93. The number of alkyl carbamates (subject to hydrolysis) is 1. The summed E-state index contributed by atoms with van der Waals surface area (Å²) in [6, 6.07) is 3.24. The molecule has 0 saturated carbocycles. The number of rotatable bonds is 7. The molecule has 0 heterocycles. The van der Waals surface area contributed by atoms with Gasteiger partial charge < -0.3 is 25.4 Å². The molecule has 3 N–H and O–H groups in total. The van der Waals surface area contributed by atoms with E-state index in [1.807, 2.05) is 66.7 Å². The minimum Gasteiger partial charge on any atom is -0.444 e. The van der Waals surface area contributed by atoms with E-state index in [0.717, 1.165) is 11.1 Å². The quantitative estimate of drug-likeness (QED) is 0.575. The second-order valence-corrected chi connectivity index (χ2v) is 10.7. The number of hydrogen-bond donors (Lipinski definition) is 3. The van der Waals surface area contributed by atoms with Gasteiger partial charge in [-0.15, -0.1) is 0 Å². The summed E-state index contributed by atoms with van der Waals surface area (Å²) >= 11 is 0. The van der Waals surface area contributed by atoms with Gasteiger partial charge in [0.25, 0.3) is 0 Å². The molecule has 2 atom stereocenters. The lowest BCUT2D eigenvalue weighted by Crippen LogP contribution is -2.59. The summed E-state index contributed by atoms with van der Waals surface area (Å²) in [6.07, 6.45) is -0.821. The number of aliphatic hydroxyl groups is 1. The molecule has 2 unspecified atom stereocenters. The summed E-state index contributed by atoms with van der Waals surface area (Å²) in [5.74, 6) is -0.927. The number of amides is 3. The van der Waals surface area contributed by atoms with Crippen LogP contribution in [0.25, 0.3) is 0 Å². The fourth-order valence-corrected chi connectivity index (χ4v) is 3.36. The third-order valence-electron chi connectivity index (χ3n) is 4.92. The number of aryl methyl sites for hydroxylation is 2. The zero-order chi connectivity index (χ0) is 25.7. The van der Waals surface area contributed by atoms with Gasteiger partial charge in [-0.05, 0) is 85.9 Å². The van der Waals surface area contributed by atoms with Crippen LogP contribution >= 0.6 is 0 Å². The molecule has 0 fully saturated rings. The Bertz CT molecular complexity index is 853. The Labute approximate surface area is 198 Å². The topological polar surface area (TPSA) is 108 Å². The second kappa shape index (κ2) is 11.0. The average molecular weight is 464 g/mol. The SMILES string of the molecule is Cc1ccc(C(C(=O)NC(C)C)N(C(=O)C(CO)NC(=O)OC(C)(C)C)C(C)(C)C)cc1C. The largest absolute Gasteiger partial charge is 0.444 e. The maximum Gasteiger partial charge on any atom is 0.408 e. The van der Waals surface area contributed by atoms with Crippen molar-refractivity contribution in [3.8, 4) is 0 Å². The smallest absolute Gasteiger partial charge is 0.408 e. The van der Waals surface area contributed by atoms with Gasteiger partial charge in [-0.3, -0.25) is 9.59 Å². The molecule has 8 heteroatoms. The summed E-state index contributed by atoms with van der Waals surface area (Å²) in [5.41, 5.74) is 1.12. The lowest BCUT2D eigenvalue weighted by Gasteiger charge is -2.43. The van der Waals surface area contributed by atoms with Crippen molar-refractivity contribution in [2.45, 2.75) is 98.5 Å². The van der Waals surface area contributed by atoms with E-state index >= 15 is 0 Å². The number of hydrogen-bond acceptors (Lipinski definition) is 5. The van der Waals surface area contributed by atoms with Crippen LogP contribution < -0.4 is 10.6 Å². The molecule has 0 aliphatic heterocycles. The van der Waals surface area contributed by atoms with Crippen molar-refractivity contribution < 1.29 is 24.2 Å². The normalized spacial score (nSPS) is 13.8. The Morgan fingerprint density at radius 1 is 1.00 bits per heavy atom. The fourth-order valence-electron chi connectivity index (χ4n) is 3.36. The average Bonchev–Trinajstić information content (AvgIpc) is 2.62. The highest BCUT2D eigenvalue weighted by atomic mass is 16.6. The third kappa shape index (κ3) is 8.35. The maximum atomic E-state index is 13.7. The molecular weight excluding hydrogens is 422 g/mol. The predicted molar refractivity (Wildman–Crippen MR) is 129 cm³/mol. The van der Waals surface area contributed by atoms with E-state index in [-0.39, 0.29) is 11.9 Å². The number of carbonyl (C=O) groups excluding carboxylic acids is 3. The van der Waals surface area contributed by atoms with Crippen LogP contribution in [-0.2, 0) is 14.3 Å². The van der Waals surface area contributed by atoms with Crippen LogP contribution in [0.15, 0.2) is 18.2 Å². The minimum absolute atomic E-state index is 0.142. The van der Waals surface area contributed by atoms with Gasteiger partial charge in [0, 0.05) is 11.6 Å². The monoisotopic (exact) mass is 463 g/mol. The highest BCUT2D eigenvalue weighted by Gasteiger charge is 2.42. The molecule has 0 radical (unpaired) electrons. The first kappa shape index (κ1) is 28.4. The molecule has 0 bridgehead atoms. The third-order valence-corrected chi connectivity index (χ3v) is 4.92. The Morgan fingerprint density at radius 2 is 1.58 bits per heavy atom. The van der Waals surface area contributed by atoms with Gasteiger partial charge >= 0.3 is 6.09 Å². The number of carbonyl (C=O) groups is 3. The van der Waals surface area contributed by atoms with Gasteiger partial charge in [-0.1, -0.05) is 18.2 Å². The zero-order valence-corrected chi connectivity index (χ0v) is 21.7. The minimum atomic E-state index is -1.28. The summed E-state index contributed by atoms with van der Waals surface area (Å²) in [6.45, 7) is 17.5. The van der Waals surface area contributed by atoms with Crippen molar-refractivity contribution in [3.63, 3.8) is 0 Å². The number of nitrogens with zero attached hydrogens (tertiary/aromatic N) is 1. The Hall–Kier alpha value is -2.61. The number of nitrogens with one attached hydrogen (secondary N) is 2. The Morgan fingerprint density at radius 3 is 2.00 bits per heavy atom. The van der Waals surface area contributed by atoms with E-state index in [9.17, 15) is 19.5 Å². The Balaban J connectivity index is 3.50. The van der Waals surface area contributed by atoms with Crippen molar-refractivity contribution >= 4 is 17.9 Å². The zero-order valence-electron chi connectivity index (χ0n) is 21.7. The summed E-state index contributed by atoms with van der Waals surface area (Å²) in [5, 5.41) is 15.3. The van der Waals surface area contributed by atoms with Crippen molar-refractivity contribution in [1.82, 2.24) is 15.5 Å². The Kier molecular flexibility index (Phi) is 9.48. The summed E-state index contributed by atoms with van der Waals surface area (Å²) < 4.78 is 5.25. The number of aliphatic hydroxyl groups excluding tert-OH is 1. The molecule has 0 spiro atoms. The van der Waals surface area contributed by atoms with Crippen molar-refractivity contribution in [3.05, 3.63) is 34.9 Å². The first-order chi connectivity index (χ1) is 15.0. The molecule has 8 nitrogen and oxygen atoms in total. The van der Waals surface area contributed by atoms with Crippen molar-refractivity contribution in [2.75, 3.05) is 6.61 Å². The van der Waals surface area contributed by atoms with E-state index < -0.39 is 41.8 Å². The van der Waals surface area contributed by atoms with Gasteiger partial charge in [-0.2, -0.15) is 0 Å². The van der Waals surface area contributed by atoms with Crippen molar-refractivity contribution in [2.24, 2.45) is 0 Å². The van der Waals surface area contributed by atoms with Crippen LogP contribution in [0, 0.1) is 13.8 Å². The van der Waals surface area contributed by atoms with Crippen molar-refractivity contribution in [1.29, 1.82) is 0 Å². The van der Waals surface area contributed by atoms with Crippen LogP contribution in [0.3, 0.4) is 0 Å². The highest BCUT2D eigenvalue weighted by Crippen LogP contribution is 2.31.